The van der Waals surface area contributed by atoms with Crippen LogP contribution in [0.5, 0.6) is 0 Å². The summed E-state index contributed by atoms with van der Waals surface area (Å²) in [7, 11) is -15.2. The average molecular weight is 990 g/mol. The van der Waals surface area contributed by atoms with E-state index in [1.807, 2.05) is 14.2 Å². The number of hydrogen-bond donors (Lipinski definition) is 3. The van der Waals surface area contributed by atoms with Gasteiger partial charge < -0.3 is 59.4 Å². The first kappa shape index (κ1) is 64.5. The third kappa shape index (κ3) is 15.7. The fourth-order valence-electron chi connectivity index (χ4n) is 5.24. The fraction of sp³-hybridized carbons (Fsp3) is 0. The number of rotatable bonds is 15. The van der Waals surface area contributed by atoms with Crippen molar-refractivity contribution in [1.29, 1.82) is 0 Å². The SMILES string of the molecule is O=C([O-])c1cc(NS(=O)(=O)c2ccc3c(S(=O)(=O)Nc4cc(C(=O)[O-])cc(C(=O)[O-])c4)cc(S(=O)(=O)Nc4cc(C(=O)[O-])cc(C(=O)[O-])c4)cc3c2)cc(C(=O)[O-])c1.[Na+].[Na+].[Na+].[Na+].[Na+].[Na+]. The summed E-state index contributed by atoms with van der Waals surface area (Å²) in [6.07, 6.45) is 0. The largest absolute Gasteiger partial charge is 1.00 e. The number of hydrogen-bond acceptors (Lipinski definition) is 18. The second-order valence-corrected chi connectivity index (χ2v) is 16.8. The zero-order valence-electron chi connectivity index (χ0n) is 34.2. The van der Waals surface area contributed by atoms with Gasteiger partial charge >= 0.3 is 177 Å². The van der Waals surface area contributed by atoms with Crippen molar-refractivity contribution < 1.29 is 262 Å². The number of anilines is 3. The molecule has 0 aromatic heterocycles. The van der Waals surface area contributed by atoms with Gasteiger partial charge in [-0.3, -0.25) is 14.2 Å². The molecule has 5 rings (SSSR count). The summed E-state index contributed by atoms with van der Waals surface area (Å²) < 4.78 is 88.0. The standard InChI is InChI=1S/C34H23N3O18S3.6Na/c38-29(39)16-3-17(30(40)41)7-22(6-16)35-56(50,51)25-1-2-27-15(12-25)13-26(57(52,53)36-23-8-18(31(42)43)4-19(9-23)32(44)45)14-28(27)58(54,55)37-24-10-20(33(46)47)5-21(11-24)34(48)49;;;;;;/h1-14,35-37H,(H,38,39)(H,40,41)(H,42,43)(H,44,45)(H,46,47)(H,48,49);;;;;;/q;6*+1/p-6. The first-order valence-corrected chi connectivity index (χ1v) is 19.7. The number of nitrogens with one attached hydrogen (secondary N) is 3. The third-order valence-electron chi connectivity index (χ3n) is 7.74. The van der Waals surface area contributed by atoms with Gasteiger partial charge in [0, 0.05) is 5.39 Å². The molecule has 30 heteroatoms. The molecule has 0 atom stereocenters. The third-order valence-corrected chi connectivity index (χ3v) is 11.9. The van der Waals surface area contributed by atoms with Crippen molar-refractivity contribution in [1.82, 2.24) is 0 Å². The van der Waals surface area contributed by atoms with Crippen LogP contribution in [-0.4, -0.2) is 61.1 Å². The van der Waals surface area contributed by atoms with E-state index in [9.17, 15) is 84.7 Å². The number of sulfonamides is 3. The van der Waals surface area contributed by atoms with E-state index in [4.69, 9.17) is 0 Å². The van der Waals surface area contributed by atoms with Crippen LogP contribution in [0.3, 0.4) is 0 Å². The smallest absolute Gasteiger partial charge is 0.545 e. The van der Waals surface area contributed by atoms with E-state index in [-0.39, 0.29) is 177 Å². The Morgan fingerprint density at radius 1 is 0.344 bits per heavy atom. The summed E-state index contributed by atoms with van der Waals surface area (Å²) in [5, 5.41) is 67.9. The molecule has 0 heterocycles. The van der Waals surface area contributed by atoms with Crippen molar-refractivity contribution in [2.75, 3.05) is 14.2 Å². The number of carboxylic acid groups (broad SMARTS) is 6. The Kier molecular flexibility index (Phi) is 25.9. The minimum Gasteiger partial charge on any atom is -0.545 e. The van der Waals surface area contributed by atoms with Crippen LogP contribution >= 0.6 is 0 Å². The monoisotopic (exact) mass is 989 g/mol. The molecule has 0 unspecified atom stereocenters. The van der Waals surface area contributed by atoms with Gasteiger partial charge in [-0.1, -0.05) is 6.07 Å². The zero-order chi connectivity index (χ0) is 43.1. The van der Waals surface area contributed by atoms with Crippen molar-refractivity contribution in [2.45, 2.75) is 14.7 Å². The molecule has 0 radical (unpaired) electrons. The van der Waals surface area contributed by atoms with Crippen LogP contribution < -0.4 is 222 Å². The van der Waals surface area contributed by atoms with E-state index < -0.39 is 142 Å². The predicted octanol–water partition coefficient (Wildman–Crippen LogP) is -22.6. The van der Waals surface area contributed by atoms with Gasteiger partial charge in [0.05, 0.1) is 67.6 Å². The maximum Gasteiger partial charge on any atom is 1.00 e. The van der Waals surface area contributed by atoms with Crippen LogP contribution in [-0.2, 0) is 30.1 Å². The summed E-state index contributed by atoms with van der Waals surface area (Å²) >= 11 is 0. The zero-order valence-corrected chi connectivity index (χ0v) is 48.6. The maximum absolute atomic E-state index is 13.9. The molecular formula is C34H17N3Na6O18S3. The molecular weight excluding hydrogens is 973 g/mol. The van der Waals surface area contributed by atoms with Crippen LogP contribution in [0.25, 0.3) is 10.8 Å². The topological polar surface area (TPSA) is 379 Å². The van der Waals surface area contributed by atoms with Crippen LogP contribution in [0.15, 0.2) is 99.6 Å². The van der Waals surface area contributed by atoms with Crippen LogP contribution in [0.4, 0.5) is 17.1 Å². The summed E-state index contributed by atoms with van der Waals surface area (Å²) in [5.41, 5.74) is -6.96. The summed E-state index contributed by atoms with van der Waals surface area (Å²) in [5.74, 6) is -11.6. The van der Waals surface area contributed by atoms with Crippen molar-refractivity contribution in [3.63, 3.8) is 0 Å². The molecule has 0 aliphatic carbocycles. The van der Waals surface area contributed by atoms with Crippen molar-refractivity contribution in [3.05, 3.63) is 118 Å². The van der Waals surface area contributed by atoms with Gasteiger partial charge in [0.25, 0.3) is 30.1 Å². The summed E-state index contributed by atoms with van der Waals surface area (Å²) in [6, 6.07) is 9.29. The first-order valence-electron chi connectivity index (χ1n) is 15.3. The molecule has 5 aromatic carbocycles. The van der Waals surface area contributed by atoms with Gasteiger partial charge in [-0.15, -0.1) is 0 Å². The minimum absolute atomic E-state index is 0. The van der Waals surface area contributed by atoms with E-state index in [1.165, 1.54) is 0 Å². The Bertz CT molecular complexity index is 2930. The van der Waals surface area contributed by atoms with Crippen molar-refractivity contribution in [3.8, 4) is 0 Å². The van der Waals surface area contributed by atoms with E-state index >= 15 is 0 Å². The molecule has 0 saturated heterocycles. The second-order valence-electron chi connectivity index (χ2n) is 11.7. The molecule has 0 bridgehead atoms. The molecule has 0 spiro atoms. The predicted molar refractivity (Wildman–Crippen MR) is 182 cm³/mol. The Hall–Kier alpha value is -1.57. The Balaban J connectivity index is 0. The second kappa shape index (κ2) is 25.7. The molecule has 0 aliphatic heterocycles. The van der Waals surface area contributed by atoms with Crippen LogP contribution in [0.1, 0.15) is 62.1 Å². The van der Waals surface area contributed by atoms with E-state index in [1.54, 1.807) is 0 Å². The molecule has 0 fully saturated rings. The minimum atomic E-state index is -5.17. The van der Waals surface area contributed by atoms with Crippen molar-refractivity contribution >= 4 is 93.7 Å². The maximum atomic E-state index is 13.9. The average Bonchev–Trinajstić information content (AvgIpc) is 3.12. The number of benzene rings is 5. The van der Waals surface area contributed by atoms with Gasteiger partial charge in [-0.05, 0) is 118 Å². The quantitative estimate of drug-likeness (QED) is 0.0820. The van der Waals surface area contributed by atoms with Gasteiger partial charge in [0.15, 0.2) is 0 Å². The summed E-state index contributed by atoms with van der Waals surface area (Å²) in [6.45, 7) is 0. The number of carboxylic acids is 6. The van der Waals surface area contributed by atoms with Crippen LogP contribution in [0, 0.1) is 0 Å². The number of carbonyl (C=O) groups is 6. The molecule has 300 valence electrons. The van der Waals surface area contributed by atoms with Crippen LogP contribution in [0.2, 0.25) is 0 Å². The summed E-state index contributed by atoms with van der Waals surface area (Å²) in [4.78, 5) is 66.1. The first-order chi connectivity index (χ1) is 26.9. The molecule has 21 nitrogen and oxygen atoms in total. The van der Waals surface area contributed by atoms with Gasteiger partial charge in [-0.2, -0.15) is 0 Å². The number of fused-ring (bicyclic) bond motifs is 1. The molecule has 3 N–H and O–H groups in total. The van der Waals surface area contributed by atoms with Gasteiger partial charge in [0.2, 0.25) is 0 Å². The number of aromatic carboxylic acids is 6. The number of carbonyl (C=O) groups excluding carboxylic acids is 6. The van der Waals surface area contributed by atoms with Crippen molar-refractivity contribution in [2.24, 2.45) is 0 Å². The normalized spacial score (nSPS) is 10.6. The van der Waals surface area contributed by atoms with Gasteiger partial charge in [-0.25, -0.2) is 25.3 Å². The molecule has 0 aliphatic rings. The Morgan fingerprint density at radius 2 is 0.609 bits per heavy atom. The fourth-order valence-corrected chi connectivity index (χ4v) is 8.78. The molecule has 64 heavy (non-hydrogen) atoms. The molecule has 5 aromatic rings. The Labute approximate surface area is 495 Å². The molecule has 0 saturated carbocycles. The van der Waals surface area contributed by atoms with E-state index in [0.29, 0.717) is 72.8 Å². The van der Waals surface area contributed by atoms with E-state index in [2.05, 4.69) is 0 Å². The van der Waals surface area contributed by atoms with E-state index in [0.717, 1.165) is 12.1 Å². The molecule has 0 amide bonds. The Morgan fingerprint density at radius 3 is 0.906 bits per heavy atom. The van der Waals surface area contributed by atoms with Gasteiger partial charge in [0.1, 0.15) is 0 Å².